The fraction of sp³-hybridized carbons (Fsp3) is 0.625. The summed E-state index contributed by atoms with van der Waals surface area (Å²) in [6.07, 6.45) is 11.0. The van der Waals surface area contributed by atoms with Gasteiger partial charge < -0.3 is 0 Å². The Kier molecular flexibility index (Phi) is 3.37. The van der Waals surface area contributed by atoms with Crippen molar-refractivity contribution in [2.75, 3.05) is 0 Å². The van der Waals surface area contributed by atoms with Crippen LogP contribution in [0.5, 0.6) is 0 Å². The van der Waals surface area contributed by atoms with Crippen LogP contribution in [0, 0.1) is 17.8 Å². The highest BCUT2D eigenvalue weighted by atomic mass is 14.5. The Morgan fingerprint density at radius 1 is 1.38 bits per heavy atom. The number of hydrogen-bond acceptors (Lipinski definition) is 0. The Morgan fingerprint density at radius 2 is 2.06 bits per heavy atom. The van der Waals surface area contributed by atoms with Gasteiger partial charge in [-0.25, -0.2) is 0 Å². The summed E-state index contributed by atoms with van der Waals surface area (Å²) in [6, 6.07) is 0. The Morgan fingerprint density at radius 3 is 2.44 bits per heavy atom. The first-order valence-electron chi connectivity index (χ1n) is 6.72. The summed E-state index contributed by atoms with van der Waals surface area (Å²) in [5.74, 6) is 2.32. The summed E-state index contributed by atoms with van der Waals surface area (Å²) in [5.41, 5.74) is 5.18. The number of rotatable bonds is 6. The van der Waals surface area contributed by atoms with Gasteiger partial charge in [0.25, 0.3) is 0 Å². The first-order chi connectivity index (χ1) is 7.67. The molecule has 0 aromatic carbocycles. The maximum atomic E-state index is 2.44. The molecule has 0 aromatic rings. The molecule has 0 N–H and O–H groups in total. The standard InChI is InChI=1S/C16H24/c1-5-12(6-2)13(8-7-11(3)4)9-14-15-10-16(14)15/h5,7-8,11,13,15H,6,9-10H2,1-4H3. The van der Waals surface area contributed by atoms with Gasteiger partial charge in [0.15, 0.2) is 0 Å². The van der Waals surface area contributed by atoms with Gasteiger partial charge in [-0.2, -0.15) is 0 Å². The lowest BCUT2D eigenvalue weighted by Crippen LogP contribution is -2.02. The zero-order valence-electron chi connectivity index (χ0n) is 11.1. The van der Waals surface area contributed by atoms with Crippen LogP contribution in [0.1, 0.15) is 47.0 Å². The molecule has 0 heteroatoms. The van der Waals surface area contributed by atoms with Gasteiger partial charge in [-0.05, 0) is 32.1 Å². The molecule has 0 aromatic heterocycles. The highest BCUT2D eigenvalue weighted by Crippen LogP contribution is 2.64. The van der Waals surface area contributed by atoms with E-state index in [1.165, 1.54) is 19.3 Å². The van der Waals surface area contributed by atoms with Gasteiger partial charge in [-0.3, -0.25) is 0 Å². The average molecular weight is 216 g/mol. The molecule has 16 heavy (non-hydrogen) atoms. The SMILES string of the molecule is CC=C(CC)C(C=CC(C)C)CC1=C2CC12. The average Bonchev–Trinajstić information content (AvgIpc) is 3.11. The van der Waals surface area contributed by atoms with Gasteiger partial charge in [0.1, 0.15) is 0 Å². The van der Waals surface area contributed by atoms with E-state index in [4.69, 9.17) is 0 Å². The molecular formula is C16H24. The minimum Gasteiger partial charge on any atom is -0.0879 e. The number of hydrogen-bond donors (Lipinski definition) is 0. The normalized spacial score (nSPS) is 25.3. The van der Waals surface area contributed by atoms with Crippen molar-refractivity contribution in [3.63, 3.8) is 0 Å². The molecule has 0 bridgehead atoms. The summed E-state index contributed by atoms with van der Waals surface area (Å²) < 4.78 is 0. The monoisotopic (exact) mass is 216 g/mol. The minimum absolute atomic E-state index is 0.670. The molecule has 2 aliphatic carbocycles. The van der Waals surface area contributed by atoms with Crippen LogP contribution in [0.25, 0.3) is 0 Å². The highest BCUT2D eigenvalue weighted by molar-refractivity contribution is 5.56. The predicted molar refractivity (Wildman–Crippen MR) is 71.3 cm³/mol. The van der Waals surface area contributed by atoms with E-state index in [-0.39, 0.29) is 0 Å². The fourth-order valence-corrected chi connectivity index (χ4v) is 2.53. The predicted octanol–water partition coefficient (Wildman–Crippen LogP) is 4.89. The van der Waals surface area contributed by atoms with Crippen LogP contribution in [0.2, 0.25) is 0 Å². The molecule has 88 valence electrons. The molecule has 2 rings (SSSR count). The summed E-state index contributed by atoms with van der Waals surface area (Å²) >= 11 is 0. The second-order valence-electron chi connectivity index (χ2n) is 5.46. The van der Waals surface area contributed by atoms with Gasteiger partial charge in [-0.15, -0.1) is 0 Å². The van der Waals surface area contributed by atoms with Gasteiger partial charge >= 0.3 is 0 Å². The molecule has 0 aliphatic heterocycles. The Bertz CT molecular complexity index is 352. The Labute approximate surface area is 100 Å². The fourth-order valence-electron chi connectivity index (χ4n) is 2.53. The van der Waals surface area contributed by atoms with E-state index >= 15 is 0 Å². The van der Waals surface area contributed by atoms with Gasteiger partial charge in [0.2, 0.25) is 0 Å². The van der Waals surface area contributed by atoms with Crippen molar-refractivity contribution in [1.29, 1.82) is 0 Å². The van der Waals surface area contributed by atoms with E-state index in [1.807, 2.05) is 0 Å². The van der Waals surface area contributed by atoms with E-state index in [0.29, 0.717) is 11.8 Å². The van der Waals surface area contributed by atoms with Gasteiger partial charge in [0, 0.05) is 11.8 Å². The maximum Gasteiger partial charge on any atom is 0.00509 e. The quantitative estimate of drug-likeness (QED) is 0.554. The molecular weight excluding hydrogens is 192 g/mol. The lowest BCUT2D eigenvalue weighted by atomic mass is 9.89. The van der Waals surface area contributed by atoms with Crippen molar-refractivity contribution < 1.29 is 0 Å². The summed E-state index contributed by atoms with van der Waals surface area (Å²) in [5, 5.41) is 0. The van der Waals surface area contributed by atoms with Gasteiger partial charge in [-0.1, -0.05) is 55.7 Å². The zero-order chi connectivity index (χ0) is 11.7. The molecule has 2 unspecified atom stereocenters. The highest BCUT2D eigenvalue weighted by Gasteiger charge is 2.50. The lowest BCUT2D eigenvalue weighted by Gasteiger charge is -2.16. The number of allylic oxidation sites excluding steroid dienone is 6. The first-order valence-corrected chi connectivity index (χ1v) is 6.72. The Balaban J connectivity index is 1.99. The van der Waals surface area contributed by atoms with Crippen LogP contribution in [0.4, 0.5) is 0 Å². The van der Waals surface area contributed by atoms with Crippen LogP contribution < -0.4 is 0 Å². The van der Waals surface area contributed by atoms with E-state index in [2.05, 4.69) is 45.9 Å². The molecule has 2 aliphatic rings. The van der Waals surface area contributed by atoms with E-state index in [0.717, 1.165) is 5.92 Å². The van der Waals surface area contributed by atoms with Gasteiger partial charge in [0.05, 0.1) is 0 Å². The molecule has 0 radical (unpaired) electrons. The third-order valence-electron chi connectivity index (χ3n) is 3.86. The second kappa shape index (κ2) is 4.61. The van der Waals surface area contributed by atoms with Crippen molar-refractivity contribution in [2.24, 2.45) is 17.8 Å². The van der Waals surface area contributed by atoms with Crippen LogP contribution in [0.15, 0.2) is 34.9 Å². The van der Waals surface area contributed by atoms with Crippen LogP contribution >= 0.6 is 0 Å². The van der Waals surface area contributed by atoms with Crippen LogP contribution in [0.3, 0.4) is 0 Å². The summed E-state index contributed by atoms with van der Waals surface area (Å²) in [6.45, 7) is 8.97. The minimum atomic E-state index is 0.670. The first kappa shape index (κ1) is 11.7. The maximum absolute atomic E-state index is 2.44. The van der Waals surface area contributed by atoms with Crippen molar-refractivity contribution in [3.8, 4) is 0 Å². The largest absolute Gasteiger partial charge is 0.0879 e. The molecule has 0 spiro atoms. The summed E-state index contributed by atoms with van der Waals surface area (Å²) in [4.78, 5) is 0. The zero-order valence-corrected chi connectivity index (χ0v) is 11.1. The van der Waals surface area contributed by atoms with E-state index in [1.54, 1.807) is 16.7 Å². The summed E-state index contributed by atoms with van der Waals surface area (Å²) in [7, 11) is 0. The molecule has 0 amide bonds. The third-order valence-corrected chi connectivity index (χ3v) is 3.86. The number of fused-ring (bicyclic) bond motifs is 1. The van der Waals surface area contributed by atoms with Crippen molar-refractivity contribution in [3.05, 3.63) is 34.9 Å². The van der Waals surface area contributed by atoms with Crippen LogP contribution in [-0.2, 0) is 0 Å². The molecule has 2 atom stereocenters. The van der Waals surface area contributed by atoms with Crippen molar-refractivity contribution in [2.45, 2.75) is 47.0 Å². The molecule has 0 nitrogen and oxygen atoms in total. The molecule has 0 heterocycles. The second-order valence-corrected chi connectivity index (χ2v) is 5.46. The van der Waals surface area contributed by atoms with Crippen LogP contribution in [-0.4, -0.2) is 0 Å². The Hall–Kier alpha value is -0.780. The molecule has 1 fully saturated rings. The van der Waals surface area contributed by atoms with E-state index in [9.17, 15) is 0 Å². The lowest BCUT2D eigenvalue weighted by molar-refractivity contribution is 0.693. The topological polar surface area (TPSA) is 0 Å². The van der Waals surface area contributed by atoms with Crippen molar-refractivity contribution in [1.82, 2.24) is 0 Å². The third kappa shape index (κ3) is 2.48. The molecule has 0 saturated heterocycles. The van der Waals surface area contributed by atoms with E-state index < -0.39 is 0 Å². The van der Waals surface area contributed by atoms with Crippen molar-refractivity contribution >= 4 is 0 Å². The molecule has 1 saturated carbocycles. The smallest absolute Gasteiger partial charge is 0.00509 e.